The number of rotatable bonds is 8. The Bertz CT molecular complexity index is 641. The van der Waals surface area contributed by atoms with Gasteiger partial charge in [0.15, 0.2) is 0 Å². The fraction of sp³-hybridized carbons (Fsp3) is 0.632. The van der Waals surface area contributed by atoms with E-state index in [1.165, 1.54) is 0 Å². The molecule has 0 fully saturated rings. The Morgan fingerprint density at radius 1 is 0.893 bits per heavy atom. The number of alkyl halides is 3. The van der Waals surface area contributed by atoms with Gasteiger partial charge in [-0.05, 0) is 5.56 Å². The Labute approximate surface area is 171 Å². The highest BCUT2D eigenvalue weighted by Crippen LogP contribution is 2.49. The Hall–Kier alpha value is -0.652. The summed E-state index contributed by atoms with van der Waals surface area (Å²) in [4.78, 5) is 12.4. The van der Waals surface area contributed by atoms with Crippen molar-refractivity contribution in [1.29, 1.82) is 0 Å². The fourth-order valence-electron chi connectivity index (χ4n) is 6.01. The van der Waals surface area contributed by atoms with Crippen LogP contribution in [0, 0.1) is 0 Å². The number of halogens is 3. The average Bonchev–Trinajstić information content (AvgIpc) is 2.48. The van der Waals surface area contributed by atoms with E-state index in [-0.39, 0.29) is 6.61 Å². The van der Waals surface area contributed by atoms with Crippen LogP contribution in [0.15, 0.2) is 30.3 Å². The van der Waals surface area contributed by atoms with Crippen LogP contribution in [-0.2, 0) is 16.1 Å². The summed E-state index contributed by atoms with van der Waals surface area (Å²) in [5.74, 6) is -1.43. The summed E-state index contributed by atoms with van der Waals surface area (Å²) in [5, 5.41) is 0. The Morgan fingerprint density at radius 3 is 1.64 bits per heavy atom. The summed E-state index contributed by atoms with van der Waals surface area (Å²) in [6, 6.07) is 8.73. The van der Waals surface area contributed by atoms with Crippen LogP contribution in [0.5, 0.6) is 0 Å². The second kappa shape index (κ2) is 8.23. The molecule has 0 heterocycles. The van der Waals surface area contributed by atoms with E-state index in [1.807, 2.05) is 58.9 Å². The van der Waals surface area contributed by atoms with Crippen molar-refractivity contribution in [3.63, 3.8) is 0 Å². The topological polar surface area (TPSA) is 26.3 Å². The van der Waals surface area contributed by atoms with Gasteiger partial charge in [-0.2, -0.15) is 0 Å². The first-order valence-electron chi connectivity index (χ1n) is 9.63. The molecule has 0 saturated heterocycles. The monoisotopic (exact) mass is 464 g/mol. The van der Waals surface area contributed by atoms with Crippen molar-refractivity contribution in [3.05, 3.63) is 35.9 Å². The maximum Gasteiger partial charge on any atom is 0.347 e. The normalized spacial score (nSPS) is 15.3. The first-order chi connectivity index (χ1) is 12.4. The molecule has 0 saturated carbocycles. The standard InChI is InChI=1S/C19H35F3O2Si4/c1-25(2,3)28(26(4,5)6,27(7,8)9)19(21,22)17(20)18(23)24-15-16-13-11-10-12-14-16/h10-14,17H,15H2,1-9H3. The minimum atomic E-state index is -3.62. The highest BCUT2D eigenvalue weighted by atomic mass is 29.9. The summed E-state index contributed by atoms with van der Waals surface area (Å²) in [6.45, 7) is 13.9. The van der Waals surface area contributed by atoms with E-state index in [4.69, 9.17) is 4.74 Å². The van der Waals surface area contributed by atoms with E-state index in [9.17, 15) is 4.79 Å². The Kier molecular flexibility index (Phi) is 7.46. The van der Waals surface area contributed by atoms with E-state index in [1.54, 1.807) is 30.3 Å². The van der Waals surface area contributed by atoms with E-state index in [2.05, 4.69) is 0 Å². The number of carbonyl (C=O) groups is 1. The molecule has 1 rings (SSSR count). The van der Waals surface area contributed by atoms with Crippen LogP contribution in [-0.4, -0.2) is 47.1 Å². The molecule has 1 unspecified atom stereocenters. The van der Waals surface area contributed by atoms with Gasteiger partial charge in [0.1, 0.15) is 13.2 Å². The SMILES string of the molecule is C[Si](C)(C)[Si](C(F)(F)C(F)C(=O)OCc1ccccc1)([Si](C)(C)C)[Si](C)(C)C. The summed E-state index contributed by atoms with van der Waals surface area (Å²) >= 11 is 0. The van der Waals surface area contributed by atoms with Crippen LogP contribution in [0.2, 0.25) is 58.9 Å². The van der Waals surface area contributed by atoms with Gasteiger partial charge in [-0.1, -0.05) is 89.3 Å². The third-order valence-corrected chi connectivity index (χ3v) is 77.4. The quantitative estimate of drug-likeness (QED) is 0.351. The second-order valence-corrected chi connectivity index (χ2v) is 51.0. The highest BCUT2D eigenvalue weighted by molar-refractivity contribution is 7.90. The van der Waals surface area contributed by atoms with Gasteiger partial charge in [-0.3, -0.25) is 0 Å². The van der Waals surface area contributed by atoms with E-state index < -0.39 is 47.1 Å². The van der Waals surface area contributed by atoms with E-state index in [0.29, 0.717) is 5.56 Å². The maximum atomic E-state index is 16.1. The molecule has 0 aliphatic heterocycles. The lowest BCUT2D eigenvalue weighted by Gasteiger charge is -2.60. The number of hydrogen-bond donors (Lipinski definition) is 0. The minimum absolute atomic E-state index is 0.197. The molecule has 160 valence electrons. The maximum absolute atomic E-state index is 16.1. The van der Waals surface area contributed by atoms with Crippen molar-refractivity contribution in [1.82, 2.24) is 0 Å². The van der Waals surface area contributed by atoms with Crippen molar-refractivity contribution in [2.24, 2.45) is 0 Å². The van der Waals surface area contributed by atoms with Crippen molar-refractivity contribution in [3.8, 4) is 0 Å². The van der Waals surface area contributed by atoms with Crippen LogP contribution >= 0.6 is 0 Å². The number of ether oxygens (including phenoxy) is 1. The molecule has 1 aromatic carbocycles. The smallest absolute Gasteiger partial charge is 0.347 e. The van der Waals surface area contributed by atoms with Crippen LogP contribution in [0.25, 0.3) is 0 Å². The molecular weight excluding hydrogens is 430 g/mol. The minimum Gasteiger partial charge on any atom is -0.459 e. The molecule has 28 heavy (non-hydrogen) atoms. The molecule has 0 N–H and O–H groups in total. The van der Waals surface area contributed by atoms with Gasteiger partial charge in [0.05, 0.1) is 0 Å². The molecule has 0 spiro atoms. The first-order valence-corrected chi connectivity index (χ1v) is 25.1. The number of carbonyl (C=O) groups excluding carboxylic acids is 1. The largest absolute Gasteiger partial charge is 0.459 e. The summed E-state index contributed by atoms with van der Waals surface area (Å²) in [7, 11) is -7.42. The molecule has 0 aliphatic rings. The third kappa shape index (κ3) is 4.41. The number of benzene rings is 1. The van der Waals surface area contributed by atoms with E-state index >= 15 is 13.2 Å². The van der Waals surface area contributed by atoms with E-state index in [0.717, 1.165) is 0 Å². The molecule has 0 radical (unpaired) electrons. The van der Waals surface area contributed by atoms with Gasteiger partial charge in [-0.15, -0.1) is 0 Å². The molecule has 1 aromatic rings. The summed E-state index contributed by atoms with van der Waals surface area (Å²) in [5.41, 5.74) is -2.98. The number of hydrogen-bond acceptors (Lipinski definition) is 2. The van der Waals surface area contributed by atoms with Gasteiger partial charge in [0.25, 0.3) is 11.7 Å². The average molecular weight is 465 g/mol. The molecule has 0 bridgehead atoms. The third-order valence-electron chi connectivity index (χ3n) is 5.62. The van der Waals surface area contributed by atoms with Crippen LogP contribution in [0.3, 0.4) is 0 Å². The lowest BCUT2D eigenvalue weighted by molar-refractivity contribution is -0.159. The van der Waals surface area contributed by atoms with Gasteiger partial charge in [0.2, 0.25) is 0 Å². The fourth-order valence-corrected chi connectivity index (χ4v) is 107. The zero-order valence-corrected chi connectivity index (χ0v) is 22.6. The molecule has 0 amide bonds. The number of esters is 1. The molecular formula is C19H35F3O2Si4. The van der Waals surface area contributed by atoms with Gasteiger partial charge >= 0.3 is 5.97 Å². The second-order valence-electron chi connectivity index (χ2n) is 10.6. The van der Waals surface area contributed by atoms with Crippen molar-refractivity contribution in [2.75, 3.05) is 0 Å². The summed E-state index contributed by atoms with van der Waals surface area (Å²) < 4.78 is 52.4. The lowest BCUT2D eigenvalue weighted by atomic mass is 10.2. The van der Waals surface area contributed by atoms with Gasteiger partial charge in [0, 0.05) is 22.8 Å². The lowest BCUT2D eigenvalue weighted by Crippen LogP contribution is -2.91. The van der Waals surface area contributed by atoms with Crippen LogP contribution in [0.1, 0.15) is 5.56 Å². The first kappa shape index (κ1) is 25.4. The molecule has 1 atom stereocenters. The Morgan fingerprint density at radius 2 is 1.29 bits per heavy atom. The zero-order chi connectivity index (χ0) is 22.2. The molecule has 0 aromatic heterocycles. The molecule has 9 heteroatoms. The van der Waals surface area contributed by atoms with Crippen molar-refractivity contribution < 1.29 is 22.7 Å². The predicted molar refractivity (Wildman–Crippen MR) is 122 cm³/mol. The van der Waals surface area contributed by atoms with Gasteiger partial charge in [-0.25, -0.2) is 18.0 Å². The molecule has 2 nitrogen and oxygen atoms in total. The summed E-state index contributed by atoms with van der Waals surface area (Å²) in [6.07, 6.45) is -2.90. The van der Waals surface area contributed by atoms with Gasteiger partial charge < -0.3 is 4.74 Å². The molecule has 0 aliphatic carbocycles. The Balaban J connectivity index is 3.37. The van der Waals surface area contributed by atoms with Crippen molar-refractivity contribution in [2.45, 2.75) is 77.2 Å². The zero-order valence-electron chi connectivity index (χ0n) is 18.6. The van der Waals surface area contributed by atoms with Crippen molar-refractivity contribution >= 4 is 35.4 Å². The predicted octanol–water partition coefficient (Wildman–Crippen LogP) is 5.94. The van der Waals surface area contributed by atoms with Crippen LogP contribution in [0.4, 0.5) is 13.2 Å². The van der Waals surface area contributed by atoms with Crippen LogP contribution < -0.4 is 0 Å². The highest BCUT2D eigenvalue weighted by Gasteiger charge is 2.77.